The van der Waals surface area contributed by atoms with Crippen molar-refractivity contribution in [3.8, 4) is 5.75 Å². The van der Waals surface area contributed by atoms with Gasteiger partial charge in [0.2, 0.25) is 0 Å². The van der Waals surface area contributed by atoms with E-state index in [0.717, 1.165) is 12.8 Å². The van der Waals surface area contributed by atoms with Gasteiger partial charge in [-0.05, 0) is 62.5 Å². The lowest BCUT2D eigenvalue weighted by Crippen LogP contribution is -2.05. The van der Waals surface area contributed by atoms with Crippen molar-refractivity contribution >= 4 is 48.6 Å². The second-order valence-corrected chi connectivity index (χ2v) is 7.44. The Morgan fingerprint density at radius 2 is 1.92 bits per heavy atom. The van der Waals surface area contributed by atoms with Crippen molar-refractivity contribution in [2.75, 3.05) is 0 Å². The number of aromatic hydroxyl groups is 1. The number of phenols is 1. The second-order valence-electron chi connectivity index (χ2n) is 5.73. The predicted molar refractivity (Wildman–Crippen MR) is 102 cm³/mol. The molecule has 3 nitrogen and oxygen atoms in total. The standard InChI is InChI=1S/C19H15Br2FO3/c1-2-3-6-15-17(16-13(22)5-4-7-14(16)25-15)18(23)10-8-11(20)19(24)12(21)9-10/h4-5,7-9,24H,2-3,6H2,1H3. The molecule has 0 aliphatic rings. The molecule has 0 bridgehead atoms. The lowest BCUT2D eigenvalue weighted by Gasteiger charge is -2.07. The van der Waals surface area contributed by atoms with Gasteiger partial charge in [0.05, 0.1) is 19.9 Å². The Labute approximate surface area is 161 Å². The molecule has 25 heavy (non-hydrogen) atoms. The molecule has 3 rings (SSSR count). The van der Waals surface area contributed by atoms with E-state index in [0.29, 0.717) is 32.3 Å². The topological polar surface area (TPSA) is 50.4 Å². The number of benzene rings is 2. The van der Waals surface area contributed by atoms with E-state index in [1.165, 1.54) is 18.2 Å². The summed E-state index contributed by atoms with van der Waals surface area (Å²) in [5.41, 5.74) is 0.956. The first-order valence-electron chi connectivity index (χ1n) is 7.86. The van der Waals surface area contributed by atoms with Crippen LogP contribution in [0, 0.1) is 5.82 Å². The highest BCUT2D eigenvalue weighted by atomic mass is 79.9. The normalized spacial score (nSPS) is 11.2. The van der Waals surface area contributed by atoms with Crippen molar-refractivity contribution in [1.82, 2.24) is 0 Å². The second kappa shape index (κ2) is 7.30. The van der Waals surface area contributed by atoms with Crippen molar-refractivity contribution < 1.29 is 18.7 Å². The van der Waals surface area contributed by atoms with Crippen LogP contribution in [0.5, 0.6) is 5.75 Å². The lowest BCUT2D eigenvalue weighted by atomic mass is 9.98. The van der Waals surface area contributed by atoms with E-state index in [2.05, 4.69) is 31.9 Å². The van der Waals surface area contributed by atoms with Crippen LogP contribution < -0.4 is 0 Å². The fourth-order valence-corrected chi connectivity index (χ4v) is 3.94. The number of phenolic OH excluding ortho intramolecular Hbond substituents is 1. The summed E-state index contributed by atoms with van der Waals surface area (Å²) < 4.78 is 21.0. The molecule has 2 aromatic carbocycles. The average molecular weight is 470 g/mol. The van der Waals surface area contributed by atoms with E-state index in [9.17, 15) is 14.3 Å². The van der Waals surface area contributed by atoms with Gasteiger partial charge in [-0.1, -0.05) is 19.4 Å². The highest BCUT2D eigenvalue weighted by molar-refractivity contribution is 9.11. The number of fused-ring (bicyclic) bond motifs is 1. The summed E-state index contributed by atoms with van der Waals surface area (Å²) in [4.78, 5) is 13.1. The molecular weight excluding hydrogens is 455 g/mol. The van der Waals surface area contributed by atoms with Crippen LogP contribution in [0.3, 0.4) is 0 Å². The van der Waals surface area contributed by atoms with Gasteiger partial charge in [-0.2, -0.15) is 0 Å². The van der Waals surface area contributed by atoms with E-state index >= 15 is 0 Å². The smallest absolute Gasteiger partial charge is 0.197 e. The van der Waals surface area contributed by atoms with E-state index in [1.54, 1.807) is 12.1 Å². The highest BCUT2D eigenvalue weighted by Gasteiger charge is 2.25. The molecule has 3 aromatic rings. The molecular formula is C19H15Br2FO3. The molecule has 0 unspecified atom stereocenters. The Bertz CT molecular complexity index is 940. The first kappa shape index (κ1) is 18.1. The molecule has 1 aromatic heterocycles. The molecule has 0 aliphatic carbocycles. The summed E-state index contributed by atoms with van der Waals surface area (Å²) >= 11 is 6.45. The maximum Gasteiger partial charge on any atom is 0.197 e. The SMILES string of the molecule is CCCCc1oc2cccc(F)c2c1C(=O)c1cc(Br)c(O)c(Br)c1. The third-order valence-corrected chi connectivity index (χ3v) is 5.21. The summed E-state index contributed by atoms with van der Waals surface area (Å²) in [6, 6.07) is 7.58. The largest absolute Gasteiger partial charge is 0.506 e. The van der Waals surface area contributed by atoms with E-state index in [1.807, 2.05) is 6.92 Å². The van der Waals surface area contributed by atoms with Crippen LogP contribution in [0.25, 0.3) is 11.0 Å². The number of rotatable bonds is 5. The quantitative estimate of drug-likeness (QED) is 0.441. The first-order chi connectivity index (χ1) is 11.9. The van der Waals surface area contributed by atoms with Gasteiger partial charge in [-0.25, -0.2) is 4.39 Å². The fourth-order valence-electron chi connectivity index (χ4n) is 2.75. The monoisotopic (exact) mass is 468 g/mol. The van der Waals surface area contributed by atoms with Gasteiger partial charge >= 0.3 is 0 Å². The first-order valence-corrected chi connectivity index (χ1v) is 9.45. The Kier molecular flexibility index (Phi) is 5.29. The summed E-state index contributed by atoms with van der Waals surface area (Å²) in [7, 11) is 0. The molecule has 0 aliphatic heterocycles. The summed E-state index contributed by atoms with van der Waals surface area (Å²) in [6.45, 7) is 2.04. The zero-order valence-electron chi connectivity index (χ0n) is 13.4. The van der Waals surface area contributed by atoms with Crippen LogP contribution in [0.15, 0.2) is 43.7 Å². The van der Waals surface area contributed by atoms with Gasteiger partial charge in [-0.3, -0.25) is 4.79 Å². The number of aryl methyl sites for hydroxylation is 1. The minimum Gasteiger partial charge on any atom is -0.506 e. The van der Waals surface area contributed by atoms with Gasteiger partial charge in [0, 0.05) is 12.0 Å². The number of unbranched alkanes of at least 4 members (excludes halogenated alkanes) is 1. The van der Waals surface area contributed by atoms with Gasteiger partial charge < -0.3 is 9.52 Å². The minimum atomic E-state index is -0.482. The third kappa shape index (κ3) is 3.37. The molecule has 1 N–H and O–H groups in total. The zero-order valence-corrected chi connectivity index (χ0v) is 16.6. The molecule has 0 spiro atoms. The van der Waals surface area contributed by atoms with Gasteiger partial charge in [0.1, 0.15) is 22.9 Å². The van der Waals surface area contributed by atoms with Crippen LogP contribution in [0.4, 0.5) is 4.39 Å². The number of ketones is 1. The number of hydrogen-bond donors (Lipinski definition) is 1. The lowest BCUT2D eigenvalue weighted by molar-refractivity contribution is 0.103. The number of hydrogen-bond acceptors (Lipinski definition) is 3. The van der Waals surface area contributed by atoms with Crippen molar-refractivity contribution in [2.45, 2.75) is 26.2 Å². The van der Waals surface area contributed by atoms with Crippen molar-refractivity contribution in [3.05, 3.63) is 62.0 Å². The van der Waals surface area contributed by atoms with E-state index in [-0.39, 0.29) is 22.5 Å². The number of halogens is 3. The summed E-state index contributed by atoms with van der Waals surface area (Å²) in [6.07, 6.45) is 2.33. The van der Waals surface area contributed by atoms with Gasteiger partial charge in [0.25, 0.3) is 0 Å². The maximum atomic E-state index is 14.4. The third-order valence-electron chi connectivity index (χ3n) is 4.00. The van der Waals surface area contributed by atoms with E-state index in [4.69, 9.17) is 4.42 Å². The average Bonchev–Trinajstić information content (AvgIpc) is 2.96. The molecule has 0 atom stereocenters. The molecule has 130 valence electrons. The molecule has 0 radical (unpaired) electrons. The van der Waals surface area contributed by atoms with Crippen LogP contribution in [0.2, 0.25) is 0 Å². The zero-order chi connectivity index (χ0) is 18.1. The van der Waals surface area contributed by atoms with Crippen molar-refractivity contribution in [1.29, 1.82) is 0 Å². The Balaban J connectivity index is 2.20. The Morgan fingerprint density at radius 3 is 2.56 bits per heavy atom. The summed E-state index contributed by atoms with van der Waals surface area (Å²) in [5.74, 6) is -0.320. The van der Waals surface area contributed by atoms with E-state index < -0.39 is 5.82 Å². The van der Waals surface area contributed by atoms with Crippen LogP contribution in [-0.2, 0) is 6.42 Å². The highest BCUT2D eigenvalue weighted by Crippen LogP contribution is 2.36. The molecule has 0 amide bonds. The summed E-state index contributed by atoms with van der Waals surface area (Å²) in [5, 5.41) is 10.1. The Hall–Kier alpha value is -1.66. The maximum absolute atomic E-state index is 14.4. The minimum absolute atomic E-state index is 0.00555. The number of furan rings is 1. The number of carbonyl (C=O) groups excluding carboxylic acids is 1. The fraction of sp³-hybridized carbons (Fsp3) is 0.211. The van der Waals surface area contributed by atoms with Crippen molar-refractivity contribution in [3.63, 3.8) is 0 Å². The van der Waals surface area contributed by atoms with Gasteiger partial charge in [0.15, 0.2) is 5.78 Å². The molecule has 6 heteroatoms. The molecule has 1 heterocycles. The van der Waals surface area contributed by atoms with Crippen LogP contribution >= 0.6 is 31.9 Å². The van der Waals surface area contributed by atoms with Crippen molar-refractivity contribution in [2.24, 2.45) is 0 Å². The predicted octanol–water partition coefficient (Wildman–Crippen LogP) is 6.38. The molecule has 0 saturated heterocycles. The molecule has 0 fully saturated rings. The van der Waals surface area contributed by atoms with Crippen LogP contribution in [0.1, 0.15) is 41.4 Å². The Morgan fingerprint density at radius 1 is 1.24 bits per heavy atom. The van der Waals surface area contributed by atoms with Crippen LogP contribution in [-0.4, -0.2) is 10.9 Å². The molecule has 0 saturated carbocycles. The van der Waals surface area contributed by atoms with Gasteiger partial charge in [-0.15, -0.1) is 0 Å². The number of carbonyl (C=O) groups is 1.